The minimum Gasteiger partial charge on any atom is -0.457 e. The Labute approximate surface area is 171 Å². The third-order valence-corrected chi connectivity index (χ3v) is 6.58. The molecule has 0 aromatic heterocycles. The van der Waals surface area contributed by atoms with E-state index in [4.69, 9.17) is 4.74 Å². The minimum absolute atomic E-state index is 0.0948. The molecule has 150 valence electrons. The number of carbonyl (C=O) groups is 1. The fourth-order valence-electron chi connectivity index (χ4n) is 3.02. The summed E-state index contributed by atoms with van der Waals surface area (Å²) >= 11 is 0. The highest BCUT2D eigenvalue weighted by Crippen LogP contribution is 2.26. The van der Waals surface area contributed by atoms with Crippen LogP contribution in [0.3, 0.4) is 0 Å². The largest absolute Gasteiger partial charge is 0.457 e. The number of hydrogen-bond donors (Lipinski definition) is 0. The fraction of sp³-hybridized carbons (Fsp3) is 0.174. The van der Waals surface area contributed by atoms with Gasteiger partial charge in [0.25, 0.3) is 10.0 Å². The van der Waals surface area contributed by atoms with Crippen molar-refractivity contribution in [3.05, 3.63) is 95.6 Å². The molecule has 0 fully saturated rings. The second-order valence-electron chi connectivity index (χ2n) is 6.55. The van der Waals surface area contributed by atoms with E-state index in [0.29, 0.717) is 11.3 Å². The first-order valence-corrected chi connectivity index (χ1v) is 10.8. The van der Waals surface area contributed by atoms with Gasteiger partial charge in [-0.2, -0.15) is 0 Å². The van der Waals surface area contributed by atoms with Gasteiger partial charge in [0.15, 0.2) is 0 Å². The fourth-order valence-corrected chi connectivity index (χ4v) is 4.74. The van der Waals surface area contributed by atoms with Gasteiger partial charge < -0.3 is 4.74 Å². The first-order valence-electron chi connectivity index (χ1n) is 9.33. The van der Waals surface area contributed by atoms with Crippen LogP contribution in [0.15, 0.2) is 83.8 Å². The third kappa shape index (κ3) is 4.66. The van der Waals surface area contributed by atoms with Crippen molar-refractivity contribution in [2.45, 2.75) is 25.3 Å². The molecular formula is C23H23NO4S. The van der Waals surface area contributed by atoms with E-state index in [1.807, 2.05) is 36.4 Å². The minimum atomic E-state index is -3.83. The molecule has 0 aliphatic heterocycles. The Balaban J connectivity index is 1.88. The summed E-state index contributed by atoms with van der Waals surface area (Å²) in [5.41, 5.74) is 2.21. The second-order valence-corrected chi connectivity index (χ2v) is 8.38. The Bertz CT molecular complexity index is 1080. The van der Waals surface area contributed by atoms with Crippen LogP contribution in [0.5, 0.6) is 0 Å². The molecule has 0 atom stereocenters. The zero-order valence-corrected chi connectivity index (χ0v) is 17.2. The normalized spacial score (nSPS) is 11.1. The van der Waals surface area contributed by atoms with Crippen LogP contribution in [-0.2, 0) is 21.4 Å². The predicted octanol–water partition coefficient (Wildman–Crippen LogP) is 4.57. The highest BCUT2D eigenvalue weighted by molar-refractivity contribution is 7.92. The van der Waals surface area contributed by atoms with E-state index in [2.05, 4.69) is 0 Å². The lowest BCUT2D eigenvalue weighted by molar-refractivity contribution is 0.0472. The monoisotopic (exact) mass is 409 g/mol. The Kier molecular flexibility index (Phi) is 6.34. The summed E-state index contributed by atoms with van der Waals surface area (Å²) in [6.07, 6.45) is 0. The van der Waals surface area contributed by atoms with Crippen molar-refractivity contribution in [1.82, 2.24) is 0 Å². The van der Waals surface area contributed by atoms with E-state index in [1.54, 1.807) is 50.2 Å². The smallest absolute Gasteiger partial charge is 0.338 e. The van der Waals surface area contributed by atoms with E-state index in [1.165, 1.54) is 10.4 Å². The maximum Gasteiger partial charge on any atom is 0.338 e. The van der Waals surface area contributed by atoms with Crippen molar-refractivity contribution in [3.8, 4) is 0 Å². The maximum absolute atomic E-state index is 13.3. The van der Waals surface area contributed by atoms with Crippen LogP contribution in [0, 0.1) is 6.92 Å². The SMILES string of the molecule is CCN(c1ccccc1)S(=O)(=O)c1cc(C(=O)OCc2ccccc2)ccc1C. The molecule has 0 bridgehead atoms. The molecule has 29 heavy (non-hydrogen) atoms. The van der Waals surface area contributed by atoms with Gasteiger partial charge in [-0.05, 0) is 49.2 Å². The number of sulfonamides is 1. The van der Waals surface area contributed by atoms with Crippen LogP contribution < -0.4 is 4.31 Å². The van der Waals surface area contributed by atoms with Gasteiger partial charge in [0, 0.05) is 6.54 Å². The summed E-state index contributed by atoms with van der Waals surface area (Å²) in [6, 6.07) is 22.8. The summed E-state index contributed by atoms with van der Waals surface area (Å²) in [5, 5.41) is 0. The molecule has 0 unspecified atom stereocenters. The van der Waals surface area contributed by atoms with Crippen molar-refractivity contribution >= 4 is 21.7 Å². The summed E-state index contributed by atoms with van der Waals surface area (Å²) in [5.74, 6) is -0.562. The number of nitrogens with zero attached hydrogens (tertiary/aromatic N) is 1. The molecular weight excluding hydrogens is 386 g/mol. The zero-order chi connectivity index (χ0) is 20.9. The molecule has 0 spiro atoms. The van der Waals surface area contributed by atoms with Crippen LogP contribution >= 0.6 is 0 Å². The van der Waals surface area contributed by atoms with Gasteiger partial charge in [-0.1, -0.05) is 54.6 Å². The molecule has 0 aliphatic rings. The number of aryl methyl sites for hydroxylation is 1. The van der Waals surface area contributed by atoms with Crippen molar-refractivity contribution in [3.63, 3.8) is 0 Å². The second kappa shape index (κ2) is 8.92. The number of para-hydroxylation sites is 1. The number of hydrogen-bond acceptors (Lipinski definition) is 4. The summed E-state index contributed by atoms with van der Waals surface area (Å²) in [7, 11) is -3.83. The van der Waals surface area contributed by atoms with E-state index >= 15 is 0 Å². The average molecular weight is 410 g/mol. The van der Waals surface area contributed by atoms with Gasteiger partial charge >= 0.3 is 5.97 Å². The van der Waals surface area contributed by atoms with E-state index in [0.717, 1.165) is 5.56 Å². The van der Waals surface area contributed by atoms with Crippen molar-refractivity contribution in [2.24, 2.45) is 0 Å². The Morgan fingerprint density at radius 2 is 1.55 bits per heavy atom. The topological polar surface area (TPSA) is 63.7 Å². The molecule has 0 radical (unpaired) electrons. The van der Waals surface area contributed by atoms with Gasteiger partial charge in [-0.15, -0.1) is 0 Å². The quantitative estimate of drug-likeness (QED) is 0.537. The number of benzene rings is 3. The first kappa shape index (κ1) is 20.6. The zero-order valence-electron chi connectivity index (χ0n) is 16.4. The molecule has 0 aliphatic carbocycles. The molecule has 0 amide bonds. The van der Waals surface area contributed by atoms with Gasteiger partial charge in [0.2, 0.25) is 0 Å². The van der Waals surface area contributed by atoms with Crippen molar-refractivity contribution in [2.75, 3.05) is 10.8 Å². The molecule has 0 heterocycles. The van der Waals surface area contributed by atoms with Gasteiger partial charge in [-0.25, -0.2) is 13.2 Å². The number of carbonyl (C=O) groups excluding carboxylic acids is 1. The van der Waals surface area contributed by atoms with Crippen molar-refractivity contribution < 1.29 is 17.9 Å². The molecule has 3 aromatic rings. The molecule has 0 saturated carbocycles. The standard InChI is InChI=1S/C23H23NO4S/c1-3-24(21-12-8-5-9-13-21)29(26,27)22-16-20(15-14-18(22)2)23(25)28-17-19-10-6-4-7-11-19/h4-16H,3,17H2,1-2H3. The lowest BCUT2D eigenvalue weighted by Crippen LogP contribution is -2.31. The van der Waals surface area contributed by atoms with Crippen LogP contribution in [-0.4, -0.2) is 20.9 Å². The molecule has 5 nitrogen and oxygen atoms in total. The van der Waals surface area contributed by atoms with E-state index < -0.39 is 16.0 Å². The number of rotatable bonds is 7. The molecule has 0 N–H and O–H groups in total. The lowest BCUT2D eigenvalue weighted by Gasteiger charge is -2.24. The Morgan fingerprint density at radius 1 is 0.931 bits per heavy atom. The maximum atomic E-state index is 13.3. The molecule has 0 saturated heterocycles. The summed E-state index contributed by atoms with van der Waals surface area (Å²) in [4.78, 5) is 12.6. The van der Waals surface area contributed by atoms with Gasteiger partial charge in [0.1, 0.15) is 6.61 Å². The van der Waals surface area contributed by atoms with Crippen LogP contribution in [0.25, 0.3) is 0 Å². The lowest BCUT2D eigenvalue weighted by atomic mass is 10.1. The van der Waals surface area contributed by atoms with Crippen molar-refractivity contribution in [1.29, 1.82) is 0 Å². The summed E-state index contributed by atoms with van der Waals surface area (Å²) in [6.45, 7) is 3.89. The number of esters is 1. The van der Waals surface area contributed by atoms with Crippen LogP contribution in [0.2, 0.25) is 0 Å². The number of ether oxygens (including phenoxy) is 1. The molecule has 3 rings (SSSR count). The summed E-state index contributed by atoms with van der Waals surface area (Å²) < 4.78 is 33.3. The van der Waals surface area contributed by atoms with E-state index in [-0.39, 0.29) is 23.6 Å². The first-order chi connectivity index (χ1) is 13.9. The number of anilines is 1. The Morgan fingerprint density at radius 3 is 2.17 bits per heavy atom. The Hall–Kier alpha value is -3.12. The van der Waals surface area contributed by atoms with Gasteiger partial charge in [0.05, 0.1) is 16.1 Å². The highest BCUT2D eigenvalue weighted by atomic mass is 32.2. The average Bonchev–Trinajstić information content (AvgIpc) is 2.74. The molecule has 3 aromatic carbocycles. The van der Waals surface area contributed by atoms with Crippen LogP contribution in [0.4, 0.5) is 5.69 Å². The third-order valence-electron chi connectivity index (χ3n) is 4.54. The van der Waals surface area contributed by atoms with E-state index in [9.17, 15) is 13.2 Å². The van der Waals surface area contributed by atoms with Crippen LogP contribution in [0.1, 0.15) is 28.4 Å². The highest BCUT2D eigenvalue weighted by Gasteiger charge is 2.26. The van der Waals surface area contributed by atoms with Gasteiger partial charge in [-0.3, -0.25) is 4.31 Å². The molecule has 6 heteroatoms. The predicted molar refractivity (Wildman–Crippen MR) is 113 cm³/mol.